The normalized spacial score (nSPS) is 11.1. The van der Waals surface area contributed by atoms with Crippen molar-refractivity contribution in [3.63, 3.8) is 0 Å². The van der Waals surface area contributed by atoms with Crippen LogP contribution >= 0.6 is 12.6 Å². The van der Waals surface area contributed by atoms with Crippen LogP contribution in [0.3, 0.4) is 0 Å². The number of thiol groups is 1. The molecule has 0 aliphatic carbocycles. The molecule has 0 aliphatic rings. The van der Waals surface area contributed by atoms with Gasteiger partial charge in [-0.05, 0) is 32.9 Å². The third kappa shape index (κ3) is 3.07. The van der Waals surface area contributed by atoms with Crippen LogP contribution in [-0.4, -0.2) is 11.4 Å². The highest BCUT2D eigenvalue weighted by Crippen LogP contribution is 2.13. The van der Waals surface area contributed by atoms with E-state index in [1.165, 1.54) is 0 Å². The fourth-order valence-electron chi connectivity index (χ4n) is 1.07. The topological polar surface area (TPSA) is 29.1 Å². The molecule has 0 spiro atoms. The van der Waals surface area contributed by atoms with Gasteiger partial charge in [0.2, 0.25) is 0 Å². The molecule has 0 radical (unpaired) electrons. The number of amides is 1. The maximum absolute atomic E-state index is 11.7. The summed E-state index contributed by atoms with van der Waals surface area (Å²) in [5.41, 5.74) is 0.401. The van der Waals surface area contributed by atoms with Gasteiger partial charge in [0.1, 0.15) is 0 Å². The fourth-order valence-corrected chi connectivity index (χ4v) is 1.34. The lowest BCUT2D eigenvalue weighted by Crippen LogP contribution is -2.40. The second kappa shape index (κ2) is 4.05. The number of hydrogen-bond acceptors (Lipinski definition) is 2. The average Bonchev–Trinajstić information content (AvgIpc) is 2.01. The fraction of sp³-hybridized carbons (Fsp3) is 0.364. The summed E-state index contributed by atoms with van der Waals surface area (Å²) in [6, 6.07) is 7.26. The molecule has 76 valence electrons. The van der Waals surface area contributed by atoms with E-state index in [-0.39, 0.29) is 11.4 Å². The van der Waals surface area contributed by atoms with E-state index in [0.29, 0.717) is 10.5 Å². The smallest absolute Gasteiger partial charge is 0.252 e. The van der Waals surface area contributed by atoms with Crippen molar-refractivity contribution in [2.24, 2.45) is 0 Å². The van der Waals surface area contributed by atoms with Crippen LogP contribution in [0.4, 0.5) is 0 Å². The molecular formula is C11H15NOS. The van der Waals surface area contributed by atoms with Crippen molar-refractivity contribution >= 4 is 18.5 Å². The number of carbonyl (C=O) groups excluding carboxylic acids is 1. The Morgan fingerprint density at radius 1 is 1.29 bits per heavy atom. The van der Waals surface area contributed by atoms with E-state index < -0.39 is 0 Å². The predicted octanol–water partition coefficient (Wildman–Crippen LogP) is 2.50. The van der Waals surface area contributed by atoms with E-state index in [0.717, 1.165) is 0 Å². The van der Waals surface area contributed by atoms with E-state index >= 15 is 0 Å². The van der Waals surface area contributed by atoms with E-state index in [9.17, 15) is 4.79 Å². The first-order valence-electron chi connectivity index (χ1n) is 4.51. The molecule has 1 aromatic carbocycles. The van der Waals surface area contributed by atoms with E-state index in [4.69, 9.17) is 0 Å². The first-order chi connectivity index (χ1) is 6.40. The molecule has 14 heavy (non-hydrogen) atoms. The van der Waals surface area contributed by atoms with E-state index in [1.54, 1.807) is 12.1 Å². The minimum atomic E-state index is -0.215. The Morgan fingerprint density at radius 2 is 1.86 bits per heavy atom. The van der Waals surface area contributed by atoms with Crippen LogP contribution in [-0.2, 0) is 0 Å². The van der Waals surface area contributed by atoms with Gasteiger partial charge in [-0.25, -0.2) is 0 Å². The van der Waals surface area contributed by atoms with Crippen molar-refractivity contribution in [3.05, 3.63) is 29.8 Å². The van der Waals surface area contributed by atoms with Crippen LogP contribution < -0.4 is 5.32 Å². The Balaban J connectivity index is 2.86. The van der Waals surface area contributed by atoms with Crippen molar-refractivity contribution < 1.29 is 4.79 Å². The van der Waals surface area contributed by atoms with Crippen LogP contribution in [0.1, 0.15) is 31.1 Å². The monoisotopic (exact) mass is 209 g/mol. The number of nitrogens with one attached hydrogen (secondary N) is 1. The molecule has 1 N–H and O–H groups in total. The Morgan fingerprint density at radius 3 is 2.36 bits per heavy atom. The lowest BCUT2D eigenvalue weighted by atomic mass is 10.1. The molecule has 0 unspecified atom stereocenters. The number of hydrogen-bond donors (Lipinski definition) is 2. The van der Waals surface area contributed by atoms with Crippen molar-refractivity contribution in [3.8, 4) is 0 Å². The highest BCUT2D eigenvalue weighted by molar-refractivity contribution is 7.80. The highest BCUT2D eigenvalue weighted by Gasteiger charge is 2.16. The molecule has 1 rings (SSSR count). The quantitative estimate of drug-likeness (QED) is 0.684. The minimum absolute atomic E-state index is 0.0805. The zero-order valence-corrected chi connectivity index (χ0v) is 9.56. The summed E-state index contributed by atoms with van der Waals surface area (Å²) in [4.78, 5) is 12.4. The maximum Gasteiger partial charge on any atom is 0.252 e. The SMILES string of the molecule is CC(C)(C)NC(=O)c1ccccc1S. The molecule has 0 aliphatic heterocycles. The molecule has 0 heterocycles. The molecule has 0 atom stereocenters. The standard InChI is InChI=1S/C11H15NOS/c1-11(2,3)12-10(13)8-6-4-5-7-9(8)14/h4-7,14H,1-3H3,(H,12,13). The molecule has 0 saturated carbocycles. The van der Waals surface area contributed by atoms with Gasteiger partial charge in [0.15, 0.2) is 0 Å². The Bertz CT molecular complexity index is 341. The van der Waals surface area contributed by atoms with Gasteiger partial charge in [-0.2, -0.15) is 0 Å². The minimum Gasteiger partial charge on any atom is -0.347 e. The summed E-state index contributed by atoms with van der Waals surface area (Å²) in [6.45, 7) is 5.85. The second-order valence-corrected chi connectivity index (χ2v) is 4.70. The van der Waals surface area contributed by atoms with E-state index in [1.807, 2.05) is 32.9 Å². The van der Waals surface area contributed by atoms with Crippen molar-refractivity contribution in [2.75, 3.05) is 0 Å². The summed E-state index contributed by atoms with van der Waals surface area (Å²) < 4.78 is 0. The third-order valence-corrected chi connectivity index (χ3v) is 2.03. The summed E-state index contributed by atoms with van der Waals surface area (Å²) in [5.74, 6) is -0.0805. The summed E-state index contributed by atoms with van der Waals surface area (Å²) in [5, 5.41) is 2.89. The van der Waals surface area contributed by atoms with Crippen LogP contribution in [0.2, 0.25) is 0 Å². The summed E-state index contributed by atoms with van der Waals surface area (Å²) in [7, 11) is 0. The molecule has 1 aromatic rings. The van der Waals surface area contributed by atoms with Crippen LogP contribution in [0.15, 0.2) is 29.2 Å². The predicted molar refractivity (Wildman–Crippen MR) is 60.9 cm³/mol. The van der Waals surface area contributed by atoms with Gasteiger partial charge in [-0.1, -0.05) is 12.1 Å². The molecule has 0 bridgehead atoms. The van der Waals surface area contributed by atoms with Crippen LogP contribution in [0.25, 0.3) is 0 Å². The average molecular weight is 209 g/mol. The largest absolute Gasteiger partial charge is 0.347 e. The summed E-state index contributed by atoms with van der Waals surface area (Å²) >= 11 is 4.23. The van der Waals surface area contributed by atoms with Crippen molar-refractivity contribution in [2.45, 2.75) is 31.2 Å². The molecule has 1 amide bonds. The lowest BCUT2D eigenvalue weighted by molar-refractivity contribution is 0.0916. The van der Waals surface area contributed by atoms with Crippen LogP contribution in [0, 0.1) is 0 Å². The Kier molecular flexibility index (Phi) is 3.21. The van der Waals surface area contributed by atoms with Gasteiger partial charge in [-0.15, -0.1) is 12.6 Å². The van der Waals surface area contributed by atoms with Crippen LogP contribution in [0.5, 0.6) is 0 Å². The lowest BCUT2D eigenvalue weighted by Gasteiger charge is -2.20. The van der Waals surface area contributed by atoms with Gasteiger partial charge in [0.05, 0.1) is 5.56 Å². The maximum atomic E-state index is 11.7. The Hall–Kier alpha value is -0.960. The van der Waals surface area contributed by atoms with Gasteiger partial charge >= 0.3 is 0 Å². The molecule has 0 saturated heterocycles. The molecule has 2 nitrogen and oxygen atoms in total. The number of carbonyl (C=O) groups is 1. The van der Waals surface area contributed by atoms with Gasteiger partial charge in [-0.3, -0.25) is 4.79 Å². The zero-order chi connectivity index (χ0) is 10.8. The van der Waals surface area contributed by atoms with E-state index in [2.05, 4.69) is 17.9 Å². The zero-order valence-electron chi connectivity index (χ0n) is 8.66. The molecule has 3 heteroatoms. The van der Waals surface area contributed by atoms with Crippen molar-refractivity contribution in [1.82, 2.24) is 5.32 Å². The molecule has 0 fully saturated rings. The first kappa shape index (κ1) is 11.1. The van der Waals surface area contributed by atoms with Gasteiger partial charge in [0.25, 0.3) is 5.91 Å². The number of rotatable bonds is 1. The Labute approximate surface area is 90.1 Å². The first-order valence-corrected chi connectivity index (χ1v) is 4.95. The molecular weight excluding hydrogens is 194 g/mol. The third-order valence-electron chi connectivity index (χ3n) is 1.64. The van der Waals surface area contributed by atoms with Gasteiger partial charge < -0.3 is 5.32 Å². The second-order valence-electron chi connectivity index (χ2n) is 4.22. The highest BCUT2D eigenvalue weighted by atomic mass is 32.1. The molecule has 0 aromatic heterocycles. The summed E-state index contributed by atoms with van der Waals surface area (Å²) in [6.07, 6.45) is 0. The van der Waals surface area contributed by atoms with Gasteiger partial charge in [0, 0.05) is 10.4 Å². The van der Waals surface area contributed by atoms with Crippen molar-refractivity contribution in [1.29, 1.82) is 0 Å². The number of benzene rings is 1.